The molecule has 1 unspecified atom stereocenters. The monoisotopic (exact) mass is 389 g/mol. The molecule has 0 saturated carbocycles. The van der Waals surface area contributed by atoms with E-state index in [1.165, 1.54) is 0 Å². The smallest absolute Gasteiger partial charge is 0.268 e. The number of rotatable bonds is 5. The summed E-state index contributed by atoms with van der Waals surface area (Å²) in [5.74, 6) is 0.355. The summed E-state index contributed by atoms with van der Waals surface area (Å²) in [6, 6.07) is 13.2. The molecule has 1 aliphatic heterocycles. The lowest BCUT2D eigenvalue weighted by atomic mass is 10.1. The molecule has 2 aromatic carbocycles. The summed E-state index contributed by atoms with van der Waals surface area (Å²) in [6.45, 7) is 7.94. The number of ether oxygens (including phenoxy) is 1. The van der Waals surface area contributed by atoms with E-state index in [4.69, 9.17) is 4.74 Å². The Morgan fingerprint density at radius 1 is 1.28 bits per heavy atom. The van der Waals surface area contributed by atoms with Gasteiger partial charge in [-0.05, 0) is 37.6 Å². The van der Waals surface area contributed by atoms with Crippen molar-refractivity contribution in [1.29, 1.82) is 0 Å². The van der Waals surface area contributed by atoms with Crippen molar-refractivity contribution in [2.24, 2.45) is 0 Å². The quantitative estimate of drug-likeness (QED) is 0.647. The van der Waals surface area contributed by atoms with Crippen LogP contribution < -0.4 is 15.0 Å². The molecule has 1 aliphatic rings. The van der Waals surface area contributed by atoms with Crippen LogP contribution in [0.5, 0.6) is 5.75 Å². The number of hydrogen-bond acceptors (Lipinski definition) is 3. The van der Waals surface area contributed by atoms with Gasteiger partial charge in [0.2, 0.25) is 5.91 Å². The summed E-state index contributed by atoms with van der Waals surface area (Å²) >= 11 is 0. The highest BCUT2D eigenvalue weighted by Gasteiger charge is 2.31. The molecular formula is C23H23N3O3. The molecule has 4 rings (SSSR count). The largest absolute Gasteiger partial charge is 0.479 e. The average Bonchev–Trinajstić information content (AvgIpc) is 3.08. The van der Waals surface area contributed by atoms with Crippen LogP contribution in [0.1, 0.15) is 19.4 Å². The third kappa shape index (κ3) is 3.74. The average molecular weight is 389 g/mol. The topological polar surface area (TPSA) is 74.4 Å². The van der Waals surface area contributed by atoms with E-state index in [0.29, 0.717) is 23.7 Å². The van der Waals surface area contributed by atoms with Crippen molar-refractivity contribution in [1.82, 2.24) is 4.98 Å². The summed E-state index contributed by atoms with van der Waals surface area (Å²) in [5, 5.41) is 3.96. The Bertz CT molecular complexity index is 1120. The molecule has 3 aromatic rings. The first kappa shape index (κ1) is 18.8. The number of carbonyl (C=O) groups is 2. The standard InChI is InChI=1S/C23H23N3O3/c1-14(2)13-26-20-9-8-17(11-21(20)29-15(3)23(26)28)25-22(27)10-16-12-24-19-7-5-4-6-18(16)19/h4-9,11-12,15,24H,1,10,13H2,2-3H3,(H,25,27). The van der Waals surface area contributed by atoms with Crippen LogP contribution >= 0.6 is 0 Å². The molecule has 0 saturated heterocycles. The van der Waals surface area contributed by atoms with E-state index in [1.807, 2.05) is 37.4 Å². The Kier molecular flexibility index (Phi) is 4.84. The number of fused-ring (bicyclic) bond motifs is 2. The minimum absolute atomic E-state index is 0.100. The molecule has 6 heteroatoms. The number of aromatic nitrogens is 1. The predicted molar refractivity (Wildman–Crippen MR) is 114 cm³/mol. The Hall–Kier alpha value is -3.54. The van der Waals surface area contributed by atoms with Gasteiger partial charge in [-0.15, -0.1) is 0 Å². The number of para-hydroxylation sites is 1. The molecule has 2 amide bonds. The number of anilines is 2. The Balaban J connectivity index is 1.53. The van der Waals surface area contributed by atoms with Crippen molar-refractivity contribution in [3.63, 3.8) is 0 Å². The molecule has 0 spiro atoms. The molecule has 0 radical (unpaired) electrons. The van der Waals surface area contributed by atoms with Gasteiger partial charge in [-0.1, -0.05) is 30.4 Å². The van der Waals surface area contributed by atoms with E-state index in [1.54, 1.807) is 30.0 Å². The molecule has 2 N–H and O–H groups in total. The molecule has 2 heterocycles. The fourth-order valence-corrected chi connectivity index (χ4v) is 3.58. The van der Waals surface area contributed by atoms with Gasteiger partial charge in [0.05, 0.1) is 12.1 Å². The first-order valence-electron chi connectivity index (χ1n) is 9.53. The van der Waals surface area contributed by atoms with Crippen molar-refractivity contribution < 1.29 is 14.3 Å². The van der Waals surface area contributed by atoms with Crippen LogP contribution in [-0.4, -0.2) is 29.4 Å². The maximum Gasteiger partial charge on any atom is 0.268 e. The second kappa shape index (κ2) is 7.47. The SMILES string of the molecule is C=C(C)CN1C(=O)C(C)Oc2cc(NC(=O)Cc3c[nH]c4ccccc34)ccc21. The zero-order chi connectivity index (χ0) is 20.5. The summed E-state index contributed by atoms with van der Waals surface area (Å²) in [6.07, 6.45) is 1.54. The van der Waals surface area contributed by atoms with E-state index < -0.39 is 6.10 Å². The van der Waals surface area contributed by atoms with Crippen LogP contribution in [0.2, 0.25) is 0 Å². The fraction of sp³-hybridized carbons (Fsp3) is 0.217. The lowest BCUT2D eigenvalue weighted by molar-refractivity contribution is -0.125. The summed E-state index contributed by atoms with van der Waals surface area (Å²) in [4.78, 5) is 29.9. The van der Waals surface area contributed by atoms with Crippen molar-refractivity contribution >= 4 is 34.1 Å². The minimum Gasteiger partial charge on any atom is -0.479 e. The third-order valence-corrected chi connectivity index (χ3v) is 4.91. The van der Waals surface area contributed by atoms with Gasteiger partial charge in [0.25, 0.3) is 5.91 Å². The molecule has 0 fully saturated rings. The van der Waals surface area contributed by atoms with E-state index in [0.717, 1.165) is 22.0 Å². The highest BCUT2D eigenvalue weighted by Crippen LogP contribution is 2.36. The fourth-order valence-electron chi connectivity index (χ4n) is 3.58. The van der Waals surface area contributed by atoms with Crippen molar-refractivity contribution in [2.75, 3.05) is 16.8 Å². The normalized spacial score (nSPS) is 15.7. The van der Waals surface area contributed by atoms with Crippen LogP contribution in [0.15, 0.2) is 60.8 Å². The molecule has 29 heavy (non-hydrogen) atoms. The number of aromatic amines is 1. The van der Waals surface area contributed by atoms with E-state index in [2.05, 4.69) is 16.9 Å². The summed E-state index contributed by atoms with van der Waals surface area (Å²) in [5.41, 5.74) is 4.15. The van der Waals surface area contributed by atoms with E-state index in [-0.39, 0.29) is 18.2 Å². The van der Waals surface area contributed by atoms with Gasteiger partial charge in [0, 0.05) is 35.4 Å². The van der Waals surface area contributed by atoms with Crippen LogP contribution in [-0.2, 0) is 16.0 Å². The lowest BCUT2D eigenvalue weighted by Crippen LogP contribution is -2.45. The van der Waals surface area contributed by atoms with Crippen LogP contribution in [0.4, 0.5) is 11.4 Å². The van der Waals surface area contributed by atoms with Crippen molar-refractivity contribution in [3.8, 4) is 5.75 Å². The molecule has 0 bridgehead atoms. The number of benzene rings is 2. The maximum atomic E-state index is 12.6. The number of amides is 2. The number of H-pyrrole nitrogens is 1. The number of carbonyl (C=O) groups excluding carboxylic acids is 2. The highest BCUT2D eigenvalue weighted by atomic mass is 16.5. The zero-order valence-corrected chi connectivity index (χ0v) is 16.5. The third-order valence-electron chi connectivity index (χ3n) is 4.91. The first-order chi connectivity index (χ1) is 13.9. The zero-order valence-electron chi connectivity index (χ0n) is 16.5. The van der Waals surface area contributed by atoms with Crippen LogP contribution in [0.3, 0.4) is 0 Å². The second-order valence-electron chi connectivity index (χ2n) is 7.41. The highest BCUT2D eigenvalue weighted by molar-refractivity contribution is 6.01. The van der Waals surface area contributed by atoms with Crippen molar-refractivity contribution in [3.05, 3.63) is 66.4 Å². The van der Waals surface area contributed by atoms with Gasteiger partial charge in [0.1, 0.15) is 5.75 Å². The van der Waals surface area contributed by atoms with E-state index >= 15 is 0 Å². The number of nitrogens with zero attached hydrogens (tertiary/aromatic N) is 1. The van der Waals surface area contributed by atoms with Gasteiger partial charge >= 0.3 is 0 Å². The van der Waals surface area contributed by atoms with Crippen LogP contribution in [0, 0.1) is 0 Å². The molecule has 6 nitrogen and oxygen atoms in total. The molecule has 148 valence electrons. The van der Waals surface area contributed by atoms with Gasteiger partial charge in [-0.25, -0.2) is 0 Å². The molecular weight excluding hydrogens is 366 g/mol. The van der Waals surface area contributed by atoms with Gasteiger partial charge < -0.3 is 19.9 Å². The maximum absolute atomic E-state index is 12.6. The summed E-state index contributed by atoms with van der Waals surface area (Å²) < 4.78 is 5.76. The van der Waals surface area contributed by atoms with Crippen molar-refractivity contribution in [2.45, 2.75) is 26.4 Å². The van der Waals surface area contributed by atoms with Gasteiger partial charge in [0.15, 0.2) is 6.10 Å². The van der Waals surface area contributed by atoms with E-state index in [9.17, 15) is 9.59 Å². The minimum atomic E-state index is -0.584. The second-order valence-corrected chi connectivity index (χ2v) is 7.41. The summed E-state index contributed by atoms with van der Waals surface area (Å²) in [7, 11) is 0. The van der Waals surface area contributed by atoms with Crippen LogP contribution in [0.25, 0.3) is 10.9 Å². The number of nitrogens with one attached hydrogen (secondary N) is 2. The Morgan fingerprint density at radius 3 is 2.86 bits per heavy atom. The Labute approximate surface area is 169 Å². The lowest BCUT2D eigenvalue weighted by Gasteiger charge is -2.33. The Morgan fingerprint density at radius 2 is 2.07 bits per heavy atom. The molecule has 1 aromatic heterocycles. The predicted octanol–water partition coefficient (Wildman–Crippen LogP) is 4.04. The first-order valence-corrected chi connectivity index (χ1v) is 9.53. The molecule has 1 atom stereocenters. The van der Waals surface area contributed by atoms with Gasteiger partial charge in [-0.2, -0.15) is 0 Å². The molecule has 0 aliphatic carbocycles. The van der Waals surface area contributed by atoms with Gasteiger partial charge in [-0.3, -0.25) is 9.59 Å². The number of hydrogen-bond donors (Lipinski definition) is 2.